The second kappa shape index (κ2) is 15.6. The lowest BCUT2D eigenvalue weighted by atomic mass is 9.87. The number of piperazine rings is 1. The topological polar surface area (TPSA) is 103 Å². The third-order valence-electron chi connectivity index (χ3n) is 8.75. The van der Waals surface area contributed by atoms with Crippen molar-refractivity contribution in [3.8, 4) is 11.5 Å². The van der Waals surface area contributed by atoms with E-state index in [9.17, 15) is 27.9 Å². The normalized spacial score (nSPS) is 20.0. The van der Waals surface area contributed by atoms with Crippen LogP contribution in [0, 0.1) is 5.92 Å². The van der Waals surface area contributed by atoms with Crippen molar-refractivity contribution in [2.24, 2.45) is 5.92 Å². The summed E-state index contributed by atoms with van der Waals surface area (Å²) in [6, 6.07) is 19.7. The Bertz CT molecular complexity index is 1410. The first-order valence-electron chi connectivity index (χ1n) is 15.8. The summed E-state index contributed by atoms with van der Waals surface area (Å²) in [6.45, 7) is 2.30. The highest BCUT2D eigenvalue weighted by atomic mass is 19.4. The summed E-state index contributed by atoms with van der Waals surface area (Å²) in [5.41, 5.74) is 0.546. The quantitative estimate of drug-likeness (QED) is 0.217. The van der Waals surface area contributed by atoms with E-state index in [1.165, 1.54) is 12.1 Å². The highest BCUT2D eigenvalue weighted by Gasteiger charge is 2.41. The number of aliphatic hydroxyl groups excluding tert-OH is 1. The average molecular weight is 639 g/mol. The third-order valence-corrected chi connectivity index (χ3v) is 8.75. The second-order valence-electron chi connectivity index (χ2n) is 12.0. The lowest BCUT2D eigenvalue weighted by Gasteiger charge is -2.40. The van der Waals surface area contributed by atoms with Gasteiger partial charge in [0, 0.05) is 32.2 Å². The number of nitrogens with zero attached hydrogens (tertiary/aromatic N) is 1. The first-order chi connectivity index (χ1) is 22.2. The van der Waals surface area contributed by atoms with Gasteiger partial charge in [-0.1, -0.05) is 42.5 Å². The molecule has 0 aromatic heterocycles. The summed E-state index contributed by atoms with van der Waals surface area (Å²) in [7, 11) is 0. The smallest absolute Gasteiger partial charge is 0.416 e. The molecular formula is C35H41F3N4O4. The number of ether oxygens (including phenoxy) is 1. The molecule has 2 fully saturated rings. The van der Waals surface area contributed by atoms with Crippen LogP contribution >= 0.6 is 0 Å². The lowest BCUT2D eigenvalue weighted by molar-refractivity contribution is -0.150. The molecular weight excluding hydrogens is 597 g/mol. The number of hydrogen-bond acceptors (Lipinski definition) is 6. The van der Waals surface area contributed by atoms with Crippen LogP contribution in [0.2, 0.25) is 0 Å². The summed E-state index contributed by atoms with van der Waals surface area (Å²) < 4.78 is 45.2. The number of carbonyl (C=O) groups is 2. The number of carbonyl (C=O) groups excluding carboxylic acids is 2. The van der Waals surface area contributed by atoms with Crippen molar-refractivity contribution in [1.29, 1.82) is 0 Å². The van der Waals surface area contributed by atoms with Gasteiger partial charge in [0.1, 0.15) is 23.6 Å². The van der Waals surface area contributed by atoms with Crippen LogP contribution < -0.4 is 20.7 Å². The van der Waals surface area contributed by atoms with Gasteiger partial charge in [0.15, 0.2) is 0 Å². The third kappa shape index (κ3) is 8.86. The van der Waals surface area contributed by atoms with Gasteiger partial charge in [0.2, 0.25) is 11.8 Å². The van der Waals surface area contributed by atoms with Crippen LogP contribution in [0.25, 0.3) is 0 Å². The van der Waals surface area contributed by atoms with Crippen molar-refractivity contribution in [2.45, 2.75) is 63.0 Å². The largest absolute Gasteiger partial charge is 0.457 e. The van der Waals surface area contributed by atoms with Crippen molar-refractivity contribution in [3.05, 3.63) is 95.6 Å². The number of alkyl halides is 3. The minimum absolute atomic E-state index is 0.0669. The molecule has 2 saturated heterocycles. The molecule has 11 heteroatoms. The van der Waals surface area contributed by atoms with Crippen LogP contribution in [0.4, 0.5) is 13.2 Å². The fourth-order valence-corrected chi connectivity index (χ4v) is 6.23. The molecule has 0 spiro atoms. The minimum Gasteiger partial charge on any atom is -0.457 e. The van der Waals surface area contributed by atoms with Crippen LogP contribution in [-0.2, 0) is 28.7 Å². The molecule has 2 heterocycles. The van der Waals surface area contributed by atoms with Gasteiger partial charge in [-0.15, -0.1) is 0 Å². The van der Waals surface area contributed by atoms with Crippen molar-refractivity contribution in [1.82, 2.24) is 20.9 Å². The number of aliphatic hydroxyl groups is 1. The maximum Gasteiger partial charge on any atom is 0.416 e. The van der Waals surface area contributed by atoms with Crippen LogP contribution in [0.1, 0.15) is 42.4 Å². The number of amides is 2. The Morgan fingerprint density at radius 2 is 1.57 bits per heavy atom. The summed E-state index contributed by atoms with van der Waals surface area (Å²) in [6.07, 6.45) is -1.05. The molecule has 2 amide bonds. The van der Waals surface area contributed by atoms with E-state index in [1.54, 1.807) is 4.90 Å². The zero-order chi connectivity index (χ0) is 32.5. The Balaban J connectivity index is 1.33. The maximum absolute atomic E-state index is 14.0. The molecule has 0 bridgehead atoms. The number of piperidine rings is 1. The monoisotopic (exact) mass is 638 g/mol. The Hall–Kier alpha value is -3.93. The van der Waals surface area contributed by atoms with Crippen LogP contribution in [0.15, 0.2) is 78.9 Å². The van der Waals surface area contributed by atoms with Gasteiger partial charge in [-0.2, -0.15) is 13.2 Å². The van der Waals surface area contributed by atoms with E-state index < -0.39 is 23.8 Å². The highest BCUT2D eigenvalue weighted by molar-refractivity contribution is 5.97. The van der Waals surface area contributed by atoms with Gasteiger partial charge >= 0.3 is 6.18 Å². The molecule has 246 valence electrons. The van der Waals surface area contributed by atoms with Crippen molar-refractivity contribution < 1.29 is 32.6 Å². The molecule has 0 radical (unpaired) electrons. The molecule has 0 saturated carbocycles. The first kappa shape index (κ1) is 33.4. The van der Waals surface area contributed by atoms with Gasteiger partial charge in [0.05, 0.1) is 5.56 Å². The highest BCUT2D eigenvalue weighted by Crippen LogP contribution is 2.30. The predicted molar refractivity (Wildman–Crippen MR) is 168 cm³/mol. The van der Waals surface area contributed by atoms with Crippen LogP contribution in [0.3, 0.4) is 0 Å². The molecule has 4 N–H and O–H groups in total. The Kier molecular flexibility index (Phi) is 11.3. The number of benzene rings is 3. The summed E-state index contributed by atoms with van der Waals surface area (Å²) in [5.74, 6) is 1.08. The van der Waals surface area contributed by atoms with E-state index in [-0.39, 0.29) is 44.0 Å². The zero-order valence-electron chi connectivity index (χ0n) is 25.6. The second-order valence-corrected chi connectivity index (χ2v) is 12.0. The predicted octanol–water partition coefficient (Wildman–Crippen LogP) is 4.67. The first-order valence-corrected chi connectivity index (χ1v) is 15.8. The number of halogens is 3. The summed E-state index contributed by atoms with van der Waals surface area (Å²) in [5, 5.41) is 19.3. The van der Waals surface area contributed by atoms with E-state index in [0.717, 1.165) is 50.0 Å². The van der Waals surface area contributed by atoms with Crippen LogP contribution in [-0.4, -0.2) is 66.2 Å². The summed E-state index contributed by atoms with van der Waals surface area (Å²) in [4.78, 5) is 29.2. The summed E-state index contributed by atoms with van der Waals surface area (Å²) >= 11 is 0. The van der Waals surface area contributed by atoms with Crippen molar-refractivity contribution >= 4 is 11.8 Å². The Labute approximate surface area is 267 Å². The van der Waals surface area contributed by atoms with Gasteiger partial charge in [-0.3, -0.25) is 9.59 Å². The maximum atomic E-state index is 14.0. The Morgan fingerprint density at radius 1 is 0.913 bits per heavy atom. The minimum atomic E-state index is -4.46. The number of para-hydroxylation sites is 1. The van der Waals surface area contributed by atoms with Gasteiger partial charge < -0.3 is 30.7 Å². The molecule has 5 rings (SSSR count). The number of hydrogen-bond donors (Lipinski definition) is 4. The molecule has 0 aliphatic carbocycles. The fourth-order valence-electron chi connectivity index (χ4n) is 6.23. The lowest BCUT2D eigenvalue weighted by Crippen LogP contribution is -2.66. The zero-order valence-corrected chi connectivity index (χ0v) is 25.6. The van der Waals surface area contributed by atoms with Crippen molar-refractivity contribution in [3.63, 3.8) is 0 Å². The Morgan fingerprint density at radius 3 is 2.22 bits per heavy atom. The van der Waals surface area contributed by atoms with Gasteiger partial charge in [0.25, 0.3) is 0 Å². The molecule has 2 aliphatic rings. The number of rotatable bonds is 13. The molecule has 46 heavy (non-hydrogen) atoms. The fraction of sp³-hybridized carbons (Fsp3) is 0.429. The molecule has 3 aromatic carbocycles. The molecule has 1 unspecified atom stereocenters. The van der Waals surface area contributed by atoms with E-state index >= 15 is 0 Å². The molecule has 3 aromatic rings. The van der Waals surface area contributed by atoms with E-state index in [4.69, 9.17) is 4.74 Å². The number of nitrogens with one attached hydrogen (secondary N) is 3. The standard InChI is InChI=1S/C35H41F3N4O4/c36-35(37,38)27-12-8-24(9-13-27)21-31-34(45)42(23-25-10-14-29(15-11-25)46-28-5-2-1-3-6-28)32(33(44)41-31)22-40-30(7-4-20-43)26-16-18-39-19-17-26/h1-3,5-6,8-15,26,30-32,39-40,43H,4,7,16-23H2,(H,41,44)/t30?,31-,32-/m0/s1. The SMILES string of the molecule is O=C1N[C@@H](Cc2ccc(C(F)(F)F)cc2)C(=O)N(Cc2ccc(Oc3ccccc3)cc2)[C@H]1CNC(CCCO)C1CCNCC1. The molecule has 2 aliphatic heterocycles. The molecule has 8 nitrogen and oxygen atoms in total. The van der Waals surface area contributed by atoms with Crippen LogP contribution in [0.5, 0.6) is 11.5 Å². The average Bonchev–Trinajstić information content (AvgIpc) is 3.06. The van der Waals surface area contributed by atoms with E-state index in [2.05, 4.69) is 16.0 Å². The van der Waals surface area contributed by atoms with E-state index in [0.29, 0.717) is 29.4 Å². The molecule has 3 atom stereocenters. The van der Waals surface area contributed by atoms with E-state index in [1.807, 2.05) is 54.6 Å². The van der Waals surface area contributed by atoms with Gasteiger partial charge in [-0.25, -0.2) is 0 Å². The van der Waals surface area contributed by atoms with Crippen molar-refractivity contribution in [2.75, 3.05) is 26.2 Å². The van der Waals surface area contributed by atoms with Gasteiger partial charge in [-0.05, 0) is 92.2 Å².